The topological polar surface area (TPSA) is 63.5 Å². The molecule has 28 heavy (non-hydrogen) atoms. The van der Waals surface area contributed by atoms with Crippen LogP contribution in [0.2, 0.25) is 0 Å². The molecule has 3 rings (SSSR count). The molecule has 1 aromatic heterocycles. The van der Waals surface area contributed by atoms with Crippen LogP contribution in [-0.2, 0) is 6.54 Å². The van der Waals surface area contributed by atoms with Gasteiger partial charge in [-0.2, -0.15) is 0 Å². The largest absolute Gasteiger partial charge is 0.493 e. The number of hydrogen-bond acceptors (Lipinski definition) is 4. The van der Waals surface area contributed by atoms with Crippen molar-refractivity contribution in [1.82, 2.24) is 10.6 Å². The first-order valence-corrected chi connectivity index (χ1v) is 9.80. The summed E-state index contributed by atoms with van der Waals surface area (Å²) in [5.74, 6) is 0.680. The third-order valence-electron chi connectivity index (χ3n) is 4.85. The first-order valence-electron chi connectivity index (χ1n) is 9.80. The van der Waals surface area contributed by atoms with Crippen molar-refractivity contribution in [2.45, 2.75) is 39.3 Å². The Morgan fingerprint density at radius 1 is 1.18 bits per heavy atom. The Balaban J connectivity index is 1.82. The van der Waals surface area contributed by atoms with Gasteiger partial charge >= 0.3 is 0 Å². The molecular formula is C23H28N2O3. The molecule has 0 bridgehead atoms. The fourth-order valence-electron chi connectivity index (χ4n) is 3.20. The molecule has 1 atom stereocenters. The number of hydrogen-bond donors (Lipinski definition) is 2. The van der Waals surface area contributed by atoms with Gasteiger partial charge in [0.2, 0.25) is 0 Å². The summed E-state index contributed by atoms with van der Waals surface area (Å²) in [6.07, 6.45) is 2.29. The van der Waals surface area contributed by atoms with E-state index in [9.17, 15) is 4.79 Å². The molecule has 0 spiro atoms. The molecule has 5 heteroatoms. The molecular weight excluding hydrogens is 352 g/mol. The minimum atomic E-state index is -0.237. The van der Waals surface area contributed by atoms with Crippen molar-refractivity contribution < 1.29 is 13.9 Å². The minimum Gasteiger partial charge on any atom is -0.493 e. The van der Waals surface area contributed by atoms with Crippen LogP contribution in [0.3, 0.4) is 0 Å². The van der Waals surface area contributed by atoms with Gasteiger partial charge in [0.25, 0.3) is 5.91 Å². The predicted octanol–water partition coefficient (Wildman–Crippen LogP) is 4.82. The molecule has 0 saturated carbocycles. The number of amides is 1. The molecule has 0 radical (unpaired) electrons. The molecule has 148 valence electrons. The summed E-state index contributed by atoms with van der Waals surface area (Å²) in [4.78, 5) is 12.7. The highest BCUT2D eigenvalue weighted by atomic mass is 16.5. The van der Waals surface area contributed by atoms with Gasteiger partial charge < -0.3 is 19.8 Å². The van der Waals surface area contributed by atoms with E-state index < -0.39 is 0 Å². The second-order valence-corrected chi connectivity index (χ2v) is 6.92. The van der Waals surface area contributed by atoms with Crippen LogP contribution in [0, 0.1) is 0 Å². The van der Waals surface area contributed by atoms with E-state index in [4.69, 9.17) is 9.15 Å². The monoisotopic (exact) mass is 380 g/mol. The number of unbranched alkanes of at least 4 members (excludes halogenated alkanes) is 1. The normalized spacial score (nSPS) is 12.1. The molecule has 2 aromatic carbocycles. The molecule has 3 aromatic rings. The Bertz CT molecular complexity index is 918. The van der Waals surface area contributed by atoms with E-state index in [0.717, 1.165) is 42.4 Å². The van der Waals surface area contributed by atoms with Crippen LogP contribution in [0.5, 0.6) is 5.75 Å². The average Bonchev–Trinajstić information content (AvgIpc) is 3.18. The molecule has 0 aliphatic carbocycles. The van der Waals surface area contributed by atoms with Crippen LogP contribution in [0.25, 0.3) is 11.0 Å². The summed E-state index contributed by atoms with van der Waals surface area (Å²) in [5, 5.41) is 7.35. The van der Waals surface area contributed by atoms with E-state index in [2.05, 4.69) is 17.6 Å². The lowest BCUT2D eigenvalue weighted by Gasteiger charge is -2.12. The number of rotatable bonds is 9. The maximum absolute atomic E-state index is 12.7. The molecule has 1 amide bonds. The van der Waals surface area contributed by atoms with Crippen LogP contribution in [-0.4, -0.2) is 19.6 Å². The third kappa shape index (κ3) is 4.54. The predicted molar refractivity (Wildman–Crippen MR) is 112 cm³/mol. The molecule has 0 aliphatic rings. The van der Waals surface area contributed by atoms with Gasteiger partial charge in [0.1, 0.15) is 0 Å². The van der Waals surface area contributed by atoms with Crippen molar-refractivity contribution in [3.05, 3.63) is 65.4 Å². The van der Waals surface area contributed by atoms with Crippen molar-refractivity contribution in [3.8, 4) is 5.75 Å². The summed E-state index contributed by atoms with van der Waals surface area (Å²) in [6.45, 7) is 5.82. The number of furan rings is 1. The quantitative estimate of drug-likeness (QED) is 0.522. The van der Waals surface area contributed by atoms with Crippen molar-refractivity contribution in [1.29, 1.82) is 0 Å². The Labute approximate surface area is 166 Å². The number of methoxy groups -OCH3 is 1. The molecule has 0 saturated heterocycles. The lowest BCUT2D eigenvalue weighted by Crippen LogP contribution is -2.26. The highest BCUT2D eigenvalue weighted by Gasteiger charge is 2.19. The molecule has 1 unspecified atom stereocenters. The Kier molecular flexibility index (Phi) is 6.71. The highest BCUT2D eigenvalue weighted by Crippen LogP contribution is 2.32. The van der Waals surface area contributed by atoms with E-state index in [0.29, 0.717) is 11.3 Å². The molecule has 1 heterocycles. The zero-order valence-electron chi connectivity index (χ0n) is 16.7. The first kappa shape index (κ1) is 20.0. The maximum Gasteiger partial charge on any atom is 0.287 e. The van der Waals surface area contributed by atoms with Gasteiger partial charge in [0.15, 0.2) is 17.1 Å². The zero-order chi connectivity index (χ0) is 19.9. The first-order chi connectivity index (χ1) is 13.6. The average molecular weight is 380 g/mol. The van der Waals surface area contributed by atoms with Gasteiger partial charge in [0.05, 0.1) is 13.2 Å². The number of carbonyl (C=O) groups is 1. The van der Waals surface area contributed by atoms with Gasteiger partial charge in [-0.1, -0.05) is 49.7 Å². The lowest BCUT2D eigenvalue weighted by atomic mass is 10.1. The van der Waals surface area contributed by atoms with Gasteiger partial charge in [0, 0.05) is 11.9 Å². The van der Waals surface area contributed by atoms with Gasteiger partial charge in [-0.05, 0) is 43.1 Å². The Morgan fingerprint density at radius 2 is 1.96 bits per heavy atom. The SMILES string of the molecule is CCCCNCc1ccc(OC)c2oc(C(=O)NC(C)c3ccccc3)cc12. The van der Waals surface area contributed by atoms with Crippen molar-refractivity contribution in [3.63, 3.8) is 0 Å². The molecule has 0 aliphatic heterocycles. The second kappa shape index (κ2) is 9.42. The van der Waals surface area contributed by atoms with Crippen molar-refractivity contribution in [2.75, 3.05) is 13.7 Å². The maximum atomic E-state index is 12.7. The fourth-order valence-corrected chi connectivity index (χ4v) is 3.20. The van der Waals surface area contributed by atoms with Crippen molar-refractivity contribution in [2.24, 2.45) is 0 Å². The summed E-state index contributed by atoms with van der Waals surface area (Å²) < 4.78 is 11.3. The van der Waals surface area contributed by atoms with E-state index in [1.54, 1.807) is 7.11 Å². The molecule has 0 fully saturated rings. The summed E-state index contributed by atoms with van der Waals surface area (Å²) in [5.41, 5.74) is 2.74. The van der Waals surface area contributed by atoms with Gasteiger partial charge in [-0.15, -0.1) is 0 Å². The molecule has 5 nitrogen and oxygen atoms in total. The van der Waals surface area contributed by atoms with Crippen molar-refractivity contribution >= 4 is 16.9 Å². The van der Waals surface area contributed by atoms with Crippen LogP contribution >= 0.6 is 0 Å². The fraction of sp³-hybridized carbons (Fsp3) is 0.348. The minimum absolute atomic E-state index is 0.112. The summed E-state index contributed by atoms with van der Waals surface area (Å²) in [6, 6.07) is 15.5. The van der Waals surface area contributed by atoms with E-state index in [-0.39, 0.29) is 17.7 Å². The van der Waals surface area contributed by atoms with Crippen LogP contribution in [0.1, 0.15) is 54.4 Å². The second-order valence-electron chi connectivity index (χ2n) is 6.92. The van der Waals surface area contributed by atoms with Gasteiger partial charge in [-0.3, -0.25) is 4.79 Å². The summed E-state index contributed by atoms with van der Waals surface area (Å²) in [7, 11) is 1.60. The van der Waals surface area contributed by atoms with Crippen LogP contribution in [0.15, 0.2) is 52.9 Å². The number of nitrogens with one attached hydrogen (secondary N) is 2. The smallest absolute Gasteiger partial charge is 0.287 e. The standard InChI is InChI=1S/C23H28N2O3/c1-4-5-13-24-15-18-11-12-20(27-3)22-19(18)14-21(28-22)23(26)25-16(2)17-9-7-6-8-10-17/h6-12,14,16,24H,4-5,13,15H2,1-3H3,(H,25,26). The molecule has 2 N–H and O–H groups in total. The lowest BCUT2D eigenvalue weighted by molar-refractivity contribution is 0.0914. The summed E-state index contributed by atoms with van der Waals surface area (Å²) >= 11 is 0. The van der Waals surface area contributed by atoms with Crippen LogP contribution < -0.4 is 15.4 Å². The number of fused-ring (bicyclic) bond motifs is 1. The van der Waals surface area contributed by atoms with Crippen LogP contribution in [0.4, 0.5) is 0 Å². The Morgan fingerprint density at radius 3 is 2.68 bits per heavy atom. The number of ether oxygens (including phenoxy) is 1. The third-order valence-corrected chi connectivity index (χ3v) is 4.85. The Hall–Kier alpha value is -2.79. The zero-order valence-corrected chi connectivity index (χ0v) is 16.7. The number of benzene rings is 2. The van der Waals surface area contributed by atoms with E-state index in [1.165, 1.54) is 0 Å². The van der Waals surface area contributed by atoms with E-state index in [1.807, 2.05) is 55.5 Å². The van der Waals surface area contributed by atoms with E-state index >= 15 is 0 Å². The van der Waals surface area contributed by atoms with Gasteiger partial charge in [-0.25, -0.2) is 0 Å². The highest BCUT2D eigenvalue weighted by molar-refractivity contribution is 5.98. The number of carbonyl (C=O) groups excluding carboxylic acids is 1.